The lowest BCUT2D eigenvalue weighted by Crippen LogP contribution is -2.44. The van der Waals surface area contributed by atoms with Crippen molar-refractivity contribution in [1.29, 1.82) is 0 Å². The molecule has 0 N–H and O–H groups in total. The van der Waals surface area contributed by atoms with Gasteiger partial charge < -0.3 is 14.2 Å². The summed E-state index contributed by atoms with van der Waals surface area (Å²) < 4.78 is 5.74. The SMILES string of the molecule is Cc1cc2ccoc(N3CCN(C)CC3)c-2c1. The van der Waals surface area contributed by atoms with Crippen molar-refractivity contribution in [2.75, 3.05) is 38.1 Å². The quantitative estimate of drug-likeness (QED) is 0.750. The first-order valence-electron chi connectivity index (χ1n) is 6.15. The van der Waals surface area contributed by atoms with Gasteiger partial charge in [0.05, 0.1) is 6.26 Å². The molecule has 0 aromatic rings. The zero-order valence-electron chi connectivity index (χ0n) is 10.4. The lowest BCUT2D eigenvalue weighted by atomic mass is 10.1. The smallest absolute Gasteiger partial charge is 0.203 e. The Balaban J connectivity index is 1.95. The van der Waals surface area contributed by atoms with Gasteiger partial charge in [0, 0.05) is 31.7 Å². The molecule has 0 spiro atoms. The number of hydrogen-bond acceptors (Lipinski definition) is 3. The van der Waals surface area contributed by atoms with Gasteiger partial charge in [-0.1, -0.05) is 6.07 Å². The maximum Gasteiger partial charge on any atom is 0.203 e. The average molecular weight is 230 g/mol. The molecular weight excluding hydrogens is 212 g/mol. The minimum atomic E-state index is 1.03. The molecule has 3 nitrogen and oxygen atoms in total. The van der Waals surface area contributed by atoms with Gasteiger partial charge in [0.1, 0.15) is 0 Å². The molecular formula is C14H18N2O. The molecule has 0 radical (unpaired) electrons. The summed E-state index contributed by atoms with van der Waals surface area (Å²) in [6.07, 6.45) is 1.80. The van der Waals surface area contributed by atoms with Crippen LogP contribution in [-0.2, 0) is 0 Å². The van der Waals surface area contributed by atoms with E-state index >= 15 is 0 Å². The average Bonchev–Trinajstić information content (AvgIpc) is 2.70. The van der Waals surface area contributed by atoms with Gasteiger partial charge in [0.15, 0.2) is 0 Å². The van der Waals surface area contributed by atoms with Crippen LogP contribution in [0.4, 0.5) is 5.88 Å². The van der Waals surface area contributed by atoms with Crippen LogP contribution < -0.4 is 4.90 Å². The molecule has 90 valence electrons. The summed E-state index contributed by atoms with van der Waals surface area (Å²) in [4.78, 5) is 4.70. The zero-order valence-corrected chi connectivity index (χ0v) is 10.4. The second-order valence-corrected chi connectivity index (χ2v) is 4.92. The molecule has 3 rings (SSSR count). The summed E-state index contributed by atoms with van der Waals surface area (Å²) in [5.41, 5.74) is 3.83. The maximum atomic E-state index is 5.74. The van der Waals surface area contributed by atoms with Crippen molar-refractivity contribution in [2.45, 2.75) is 6.92 Å². The second kappa shape index (κ2) is 4.08. The highest BCUT2D eigenvalue weighted by Gasteiger charge is 2.21. The number of fused-ring (bicyclic) bond motifs is 1. The fourth-order valence-electron chi connectivity index (χ4n) is 2.49. The van der Waals surface area contributed by atoms with Crippen LogP contribution in [0.25, 0.3) is 11.1 Å². The van der Waals surface area contributed by atoms with Crippen LogP contribution in [0.5, 0.6) is 0 Å². The molecule has 1 saturated heterocycles. The molecule has 3 heteroatoms. The highest BCUT2D eigenvalue weighted by atomic mass is 16.3. The molecule has 3 aliphatic rings. The summed E-state index contributed by atoms with van der Waals surface area (Å²) in [6, 6.07) is 6.47. The monoisotopic (exact) mass is 230 g/mol. The second-order valence-electron chi connectivity index (χ2n) is 4.92. The Bertz CT molecular complexity index is 483. The Morgan fingerprint density at radius 2 is 1.88 bits per heavy atom. The van der Waals surface area contributed by atoms with Crippen molar-refractivity contribution in [1.82, 2.24) is 4.90 Å². The van der Waals surface area contributed by atoms with Gasteiger partial charge in [-0.3, -0.25) is 0 Å². The van der Waals surface area contributed by atoms with Crippen LogP contribution in [0.3, 0.4) is 0 Å². The molecule has 0 amide bonds. The van der Waals surface area contributed by atoms with Crippen molar-refractivity contribution in [3.05, 3.63) is 30.0 Å². The van der Waals surface area contributed by atoms with Crippen molar-refractivity contribution in [2.24, 2.45) is 0 Å². The molecule has 0 bridgehead atoms. The molecule has 1 fully saturated rings. The first kappa shape index (κ1) is 10.7. The molecule has 0 aromatic heterocycles. The highest BCUT2D eigenvalue weighted by Crippen LogP contribution is 2.35. The lowest BCUT2D eigenvalue weighted by molar-refractivity contribution is 0.305. The largest absolute Gasteiger partial charge is 0.448 e. The summed E-state index contributed by atoms with van der Waals surface area (Å²) >= 11 is 0. The molecule has 1 aliphatic carbocycles. The molecule has 0 aromatic carbocycles. The predicted molar refractivity (Wildman–Crippen MR) is 69.8 cm³/mol. The van der Waals surface area contributed by atoms with E-state index in [0.29, 0.717) is 0 Å². The third-order valence-electron chi connectivity index (χ3n) is 3.51. The molecule has 2 aliphatic heterocycles. The number of hydrogen-bond donors (Lipinski definition) is 0. The number of aryl methyl sites for hydroxylation is 1. The van der Waals surface area contributed by atoms with E-state index in [2.05, 4.69) is 35.9 Å². The van der Waals surface area contributed by atoms with Crippen LogP contribution in [0.15, 0.2) is 28.9 Å². The van der Waals surface area contributed by atoms with E-state index in [-0.39, 0.29) is 0 Å². The summed E-state index contributed by atoms with van der Waals surface area (Å²) in [6.45, 7) is 6.43. The molecule has 0 atom stereocenters. The van der Waals surface area contributed by atoms with E-state index in [1.54, 1.807) is 6.26 Å². The third kappa shape index (κ3) is 1.91. The zero-order chi connectivity index (χ0) is 11.8. The number of likely N-dealkylation sites (N-methyl/N-ethyl adjacent to an activating group) is 1. The van der Waals surface area contributed by atoms with E-state index in [4.69, 9.17) is 4.42 Å². The molecule has 2 heterocycles. The number of nitrogens with zero attached hydrogens (tertiary/aromatic N) is 2. The van der Waals surface area contributed by atoms with Gasteiger partial charge in [-0.25, -0.2) is 0 Å². The highest BCUT2D eigenvalue weighted by molar-refractivity contribution is 5.78. The maximum absolute atomic E-state index is 5.74. The Morgan fingerprint density at radius 1 is 1.12 bits per heavy atom. The van der Waals surface area contributed by atoms with Gasteiger partial charge in [0.2, 0.25) is 5.88 Å². The normalized spacial score (nSPS) is 17.9. The minimum absolute atomic E-state index is 1.03. The van der Waals surface area contributed by atoms with E-state index in [1.807, 2.05) is 6.07 Å². The Labute approximate surface area is 102 Å². The van der Waals surface area contributed by atoms with Gasteiger partial charge >= 0.3 is 0 Å². The van der Waals surface area contributed by atoms with E-state index in [1.165, 1.54) is 16.7 Å². The van der Waals surface area contributed by atoms with Gasteiger partial charge in [-0.2, -0.15) is 0 Å². The molecule has 0 unspecified atom stereocenters. The van der Waals surface area contributed by atoms with Crippen molar-refractivity contribution < 1.29 is 4.42 Å². The Kier molecular flexibility index (Phi) is 2.56. The number of piperazine rings is 1. The summed E-state index contributed by atoms with van der Waals surface area (Å²) in [7, 11) is 2.17. The van der Waals surface area contributed by atoms with Crippen LogP contribution in [-0.4, -0.2) is 38.1 Å². The molecule has 17 heavy (non-hydrogen) atoms. The summed E-state index contributed by atoms with van der Waals surface area (Å²) in [5.74, 6) is 1.03. The first-order valence-corrected chi connectivity index (χ1v) is 6.15. The van der Waals surface area contributed by atoms with Crippen molar-refractivity contribution >= 4 is 5.88 Å². The van der Waals surface area contributed by atoms with Gasteiger partial charge in [-0.05, 0) is 37.2 Å². The third-order valence-corrected chi connectivity index (χ3v) is 3.51. The minimum Gasteiger partial charge on any atom is -0.448 e. The lowest BCUT2D eigenvalue weighted by Gasteiger charge is -2.33. The van der Waals surface area contributed by atoms with Crippen LogP contribution in [0.2, 0.25) is 0 Å². The Morgan fingerprint density at radius 3 is 2.65 bits per heavy atom. The summed E-state index contributed by atoms with van der Waals surface area (Å²) in [5, 5.41) is 0. The van der Waals surface area contributed by atoms with Crippen LogP contribution in [0, 0.1) is 6.92 Å². The van der Waals surface area contributed by atoms with Crippen molar-refractivity contribution in [3.8, 4) is 11.1 Å². The van der Waals surface area contributed by atoms with Crippen LogP contribution >= 0.6 is 0 Å². The molecule has 0 saturated carbocycles. The van der Waals surface area contributed by atoms with E-state index < -0.39 is 0 Å². The number of rotatable bonds is 1. The van der Waals surface area contributed by atoms with E-state index in [0.717, 1.165) is 32.1 Å². The van der Waals surface area contributed by atoms with E-state index in [9.17, 15) is 0 Å². The van der Waals surface area contributed by atoms with Gasteiger partial charge in [0.25, 0.3) is 0 Å². The first-order chi connectivity index (χ1) is 8.24. The Hall–Kier alpha value is -1.48. The fraction of sp³-hybridized carbons (Fsp3) is 0.429. The van der Waals surface area contributed by atoms with Crippen LogP contribution in [0.1, 0.15) is 5.56 Å². The standard InChI is InChI=1S/C14H18N2O/c1-11-9-12-3-8-17-14(13(12)10-11)16-6-4-15(2)5-7-16/h3,8-10H,4-7H2,1-2H3. The predicted octanol–water partition coefficient (Wildman–Crippen LogP) is 2.44. The number of anilines is 1. The van der Waals surface area contributed by atoms with Crippen molar-refractivity contribution in [3.63, 3.8) is 0 Å². The van der Waals surface area contributed by atoms with Gasteiger partial charge in [-0.15, -0.1) is 0 Å². The topological polar surface area (TPSA) is 19.6 Å². The fourth-order valence-corrected chi connectivity index (χ4v) is 2.49.